The van der Waals surface area contributed by atoms with Gasteiger partial charge in [-0.2, -0.15) is 0 Å². The molecule has 0 radical (unpaired) electrons. The molecule has 0 aliphatic heterocycles. The number of hydrogen-bond donors (Lipinski definition) is 2. The van der Waals surface area contributed by atoms with E-state index in [9.17, 15) is 4.79 Å². The summed E-state index contributed by atoms with van der Waals surface area (Å²) in [5.41, 5.74) is 7.76. The number of anilines is 1. The topological polar surface area (TPSA) is 64.3 Å². The maximum Gasteiger partial charge on any atom is 0.224 e. The molecular formula is C22H33ClN2O2. The van der Waals surface area contributed by atoms with E-state index in [4.69, 9.17) is 10.5 Å². The van der Waals surface area contributed by atoms with Gasteiger partial charge in [0, 0.05) is 18.2 Å². The van der Waals surface area contributed by atoms with Gasteiger partial charge in [0.05, 0.1) is 6.61 Å². The van der Waals surface area contributed by atoms with E-state index in [-0.39, 0.29) is 23.7 Å². The number of carbonyl (C=O) groups is 1. The van der Waals surface area contributed by atoms with Gasteiger partial charge in [0.15, 0.2) is 0 Å². The summed E-state index contributed by atoms with van der Waals surface area (Å²) >= 11 is 0. The lowest BCUT2D eigenvalue weighted by Crippen LogP contribution is -2.47. The highest BCUT2D eigenvalue weighted by molar-refractivity contribution is 5.92. The predicted octanol–water partition coefficient (Wildman–Crippen LogP) is 4.69. The summed E-state index contributed by atoms with van der Waals surface area (Å²) in [4.78, 5) is 12.9. The number of nitrogens with two attached hydrogens (primary N) is 1. The van der Waals surface area contributed by atoms with Crippen molar-refractivity contribution < 1.29 is 9.53 Å². The molecule has 0 atom stereocenters. The predicted molar refractivity (Wildman–Crippen MR) is 111 cm³/mol. The molecule has 0 spiro atoms. The average Bonchev–Trinajstić information content (AvgIpc) is 2.56. The highest BCUT2D eigenvalue weighted by Gasteiger charge is 2.51. The van der Waals surface area contributed by atoms with Crippen molar-refractivity contribution in [3.8, 4) is 5.75 Å². The van der Waals surface area contributed by atoms with Crippen LogP contribution in [0.5, 0.6) is 5.75 Å². The summed E-state index contributed by atoms with van der Waals surface area (Å²) in [6, 6.07) is 5.92. The molecule has 4 aliphatic rings. The Labute approximate surface area is 169 Å². The number of rotatable bonds is 7. The van der Waals surface area contributed by atoms with E-state index in [0.717, 1.165) is 41.2 Å². The van der Waals surface area contributed by atoms with E-state index in [1.54, 1.807) is 0 Å². The van der Waals surface area contributed by atoms with Crippen molar-refractivity contribution in [3.05, 3.63) is 23.8 Å². The van der Waals surface area contributed by atoms with Gasteiger partial charge in [-0.3, -0.25) is 4.79 Å². The van der Waals surface area contributed by atoms with Crippen LogP contribution in [0, 0.1) is 30.1 Å². The number of hydrogen-bond acceptors (Lipinski definition) is 3. The minimum atomic E-state index is 0. The van der Waals surface area contributed by atoms with Gasteiger partial charge in [-0.05, 0) is 93.2 Å². The number of aryl methyl sites for hydroxylation is 1. The third kappa shape index (κ3) is 4.60. The summed E-state index contributed by atoms with van der Waals surface area (Å²) < 4.78 is 5.73. The van der Waals surface area contributed by atoms with Crippen LogP contribution in [-0.2, 0) is 4.79 Å². The van der Waals surface area contributed by atoms with Gasteiger partial charge in [-0.15, -0.1) is 12.4 Å². The van der Waals surface area contributed by atoms with Gasteiger partial charge in [-0.1, -0.05) is 6.07 Å². The molecule has 3 N–H and O–H groups in total. The quantitative estimate of drug-likeness (QED) is 0.661. The zero-order valence-corrected chi connectivity index (χ0v) is 17.2. The Kier molecular flexibility index (Phi) is 6.37. The molecule has 0 heterocycles. The van der Waals surface area contributed by atoms with E-state index >= 15 is 0 Å². The minimum Gasteiger partial charge on any atom is -0.493 e. The van der Waals surface area contributed by atoms with Crippen LogP contribution in [0.1, 0.15) is 56.9 Å². The highest BCUT2D eigenvalue weighted by Crippen LogP contribution is 2.61. The Balaban J connectivity index is 0.00000210. The zero-order valence-electron chi connectivity index (χ0n) is 16.3. The molecule has 0 saturated heterocycles. The molecule has 4 bridgehead atoms. The van der Waals surface area contributed by atoms with Crippen molar-refractivity contribution >= 4 is 24.0 Å². The summed E-state index contributed by atoms with van der Waals surface area (Å²) in [5.74, 6) is 3.63. The number of carbonyl (C=O) groups excluding carboxylic acids is 1. The molecule has 0 aromatic heterocycles. The van der Waals surface area contributed by atoms with Gasteiger partial charge < -0.3 is 15.8 Å². The van der Waals surface area contributed by atoms with Crippen molar-refractivity contribution in [2.45, 2.75) is 58.3 Å². The lowest BCUT2D eigenvalue weighted by atomic mass is 9.49. The monoisotopic (exact) mass is 392 g/mol. The van der Waals surface area contributed by atoms with Crippen LogP contribution in [0.4, 0.5) is 5.69 Å². The molecular weight excluding hydrogens is 360 g/mol. The molecule has 0 unspecified atom stereocenters. The van der Waals surface area contributed by atoms with E-state index in [0.29, 0.717) is 19.6 Å². The Morgan fingerprint density at radius 3 is 2.41 bits per heavy atom. The molecule has 4 nitrogen and oxygen atoms in total. The molecule has 1 aromatic carbocycles. The fourth-order valence-electron chi connectivity index (χ4n) is 6.14. The Hall–Kier alpha value is -1.26. The van der Waals surface area contributed by atoms with Crippen LogP contribution in [0.15, 0.2) is 18.2 Å². The van der Waals surface area contributed by atoms with E-state index in [2.05, 4.69) is 5.32 Å². The van der Waals surface area contributed by atoms with Gasteiger partial charge >= 0.3 is 0 Å². The third-order valence-corrected chi connectivity index (χ3v) is 6.80. The molecule has 5 rings (SSSR count). The van der Waals surface area contributed by atoms with Crippen molar-refractivity contribution in [2.24, 2.45) is 28.9 Å². The first-order valence-electron chi connectivity index (χ1n) is 10.3. The maximum absolute atomic E-state index is 12.9. The van der Waals surface area contributed by atoms with Crippen LogP contribution in [0.2, 0.25) is 0 Å². The molecule has 4 fully saturated rings. The molecule has 5 heteroatoms. The standard InChI is InChI=1S/C22H32N2O2.ClH/c1-15-3-4-19(26-6-2-5-23)10-20(15)24-21(25)14-22-11-16-7-17(12-22)9-18(8-16)13-22;/h3-4,10,16-18H,2,5-9,11-14,23H2,1H3,(H,24,25);1H. The smallest absolute Gasteiger partial charge is 0.224 e. The SMILES string of the molecule is Cc1ccc(OCCCN)cc1NC(=O)CC12CC3CC(CC(C3)C1)C2.Cl. The van der Waals surface area contributed by atoms with Crippen LogP contribution < -0.4 is 15.8 Å². The normalized spacial score (nSPS) is 30.7. The van der Waals surface area contributed by atoms with Gasteiger partial charge in [-0.25, -0.2) is 0 Å². The fraction of sp³-hybridized carbons (Fsp3) is 0.682. The van der Waals surface area contributed by atoms with Crippen molar-refractivity contribution in [2.75, 3.05) is 18.5 Å². The van der Waals surface area contributed by atoms with Gasteiger partial charge in [0.1, 0.15) is 5.75 Å². The molecule has 1 aromatic rings. The molecule has 27 heavy (non-hydrogen) atoms. The Morgan fingerprint density at radius 1 is 1.19 bits per heavy atom. The molecule has 150 valence electrons. The molecule has 1 amide bonds. The maximum atomic E-state index is 12.9. The van der Waals surface area contributed by atoms with Gasteiger partial charge in [0.2, 0.25) is 5.91 Å². The third-order valence-electron chi connectivity index (χ3n) is 6.80. The van der Waals surface area contributed by atoms with Gasteiger partial charge in [0.25, 0.3) is 0 Å². The number of amides is 1. The summed E-state index contributed by atoms with van der Waals surface area (Å²) in [5, 5.41) is 3.17. The lowest BCUT2D eigenvalue weighted by Gasteiger charge is -2.56. The van der Waals surface area contributed by atoms with Crippen molar-refractivity contribution in [1.82, 2.24) is 0 Å². The largest absolute Gasteiger partial charge is 0.493 e. The number of halogens is 1. The lowest BCUT2D eigenvalue weighted by molar-refractivity contribution is -0.124. The van der Waals surface area contributed by atoms with Crippen LogP contribution >= 0.6 is 12.4 Å². The second-order valence-electron chi connectivity index (χ2n) is 9.11. The van der Waals surface area contributed by atoms with E-state index in [1.807, 2.05) is 25.1 Å². The Morgan fingerprint density at radius 2 is 1.81 bits per heavy atom. The minimum absolute atomic E-state index is 0. The first-order chi connectivity index (χ1) is 12.5. The number of benzene rings is 1. The van der Waals surface area contributed by atoms with Crippen molar-refractivity contribution in [1.29, 1.82) is 0 Å². The second-order valence-corrected chi connectivity index (χ2v) is 9.11. The van der Waals surface area contributed by atoms with Crippen molar-refractivity contribution in [3.63, 3.8) is 0 Å². The summed E-state index contributed by atoms with van der Waals surface area (Å²) in [7, 11) is 0. The number of ether oxygens (including phenoxy) is 1. The first kappa shape index (κ1) is 20.5. The summed E-state index contributed by atoms with van der Waals surface area (Å²) in [6.45, 7) is 3.27. The summed E-state index contributed by atoms with van der Waals surface area (Å²) in [6.07, 6.45) is 9.59. The highest BCUT2D eigenvalue weighted by atomic mass is 35.5. The number of nitrogens with one attached hydrogen (secondary N) is 1. The van der Waals surface area contributed by atoms with Crippen LogP contribution in [0.25, 0.3) is 0 Å². The van der Waals surface area contributed by atoms with Crippen LogP contribution in [-0.4, -0.2) is 19.1 Å². The second kappa shape index (κ2) is 8.40. The Bertz CT molecular complexity index is 641. The average molecular weight is 393 g/mol. The first-order valence-corrected chi connectivity index (χ1v) is 10.3. The van der Waals surface area contributed by atoms with E-state index < -0.39 is 0 Å². The molecule has 4 aliphatic carbocycles. The fourth-order valence-corrected chi connectivity index (χ4v) is 6.14. The van der Waals surface area contributed by atoms with E-state index in [1.165, 1.54) is 38.5 Å². The van der Waals surface area contributed by atoms with Crippen LogP contribution in [0.3, 0.4) is 0 Å². The zero-order chi connectivity index (χ0) is 18.1. The molecule has 4 saturated carbocycles.